The van der Waals surface area contributed by atoms with Crippen LogP contribution in [0.2, 0.25) is 0 Å². The van der Waals surface area contributed by atoms with Gasteiger partial charge < -0.3 is 9.84 Å². The van der Waals surface area contributed by atoms with Gasteiger partial charge in [-0.05, 0) is 36.6 Å². The lowest BCUT2D eigenvalue weighted by Crippen LogP contribution is -2.14. The lowest BCUT2D eigenvalue weighted by molar-refractivity contribution is -0.139. The predicted octanol–water partition coefficient (Wildman–Crippen LogP) is 3.64. The maximum absolute atomic E-state index is 13.7. The zero-order valence-corrected chi connectivity index (χ0v) is 11.8. The fraction of sp³-hybridized carbons (Fsp3) is 0.235. The highest BCUT2D eigenvalue weighted by Crippen LogP contribution is 2.25. The topological polar surface area (TPSA) is 46.5 Å². The molecule has 1 unspecified atom stereocenters. The highest BCUT2D eigenvalue weighted by molar-refractivity contribution is 5.76. The molecule has 0 heterocycles. The third-order valence-electron chi connectivity index (χ3n) is 3.46. The predicted molar refractivity (Wildman–Crippen MR) is 78.1 cm³/mol. The molecule has 0 amide bonds. The van der Waals surface area contributed by atoms with Crippen LogP contribution in [0.15, 0.2) is 48.5 Å². The first kappa shape index (κ1) is 15.0. The van der Waals surface area contributed by atoms with E-state index < -0.39 is 17.7 Å². The first-order chi connectivity index (χ1) is 10.1. The standard InChI is InChI=1S/C17H17FO3/c1-21-13-9-6-12(7-10-13)8-11-15(17(19)20)14-4-2-3-5-16(14)18/h2-7,9-10,15H,8,11H2,1H3,(H,19,20). The number of hydrogen-bond donors (Lipinski definition) is 1. The summed E-state index contributed by atoms with van der Waals surface area (Å²) in [6.45, 7) is 0. The average molecular weight is 288 g/mol. The second kappa shape index (κ2) is 6.88. The molecule has 1 N–H and O–H groups in total. The first-order valence-corrected chi connectivity index (χ1v) is 6.72. The molecule has 0 aliphatic rings. The summed E-state index contributed by atoms with van der Waals surface area (Å²) in [5.74, 6) is -1.57. The Hall–Kier alpha value is -2.36. The van der Waals surface area contributed by atoms with E-state index >= 15 is 0 Å². The van der Waals surface area contributed by atoms with E-state index in [0.29, 0.717) is 12.8 Å². The minimum atomic E-state index is -1.01. The molecule has 2 aromatic carbocycles. The molecule has 0 fully saturated rings. The summed E-state index contributed by atoms with van der Waals surface area (Å²) in [6, 6.07) is 13.5. The maximum Gasteiger partial charge on any atom is 0.311 e. The second-order valence-electron chi connectivity index (χ2n) is 4.80. The van der Waals surface area contributed by atoms with Crippen LogP contribution < -0.4 is 4.74 Å². The van der Waals surface area contributed by atoms with Crippen LogP contribution in [0.1, 0.15) is 23.5 Å². The van der Waals surface area contributed by atoms with Crippen molar-refractivity contribution in [2.24, 2.45) is 0 Å². The number of hydrogen-bond acceptors (Lipinski definition) is 2. The number of aliphatic carboxylic acids is 1. The van der Waals surface area contributed by atoms with Crippen molar-refractivity contribution < 1.29 is 19.0 Å². The van der Waals surface area contributed by atoms with Crippen molar-refractivity contribution in [1.82, 2.24) is 0 Å². The SMILES string of the molecule is COc1ccc(CCC(C(=O)O)c2ccccc2F)cc1. The monoisotopic (exact) mass is 288 g/mol. The van der Waals surface area contributed by atoms with Gasteiger partial charge in [-0.3, -0.25) is 4.79 Å². The molecule has 3 nitrogen and oxygen atoms in total. The molecule has 0 spiro atoms. The van der Waals surface area contributed by atoms with Crippen LogP contribution in [0, 0.1) is 5.82 Å². The van der Waals surface area contributed by atoms with Gasteiger partial charge in [0.2, 0.25) is 0 Å². The number of rotatable bonds is 6. The van der Waals surface area contributed by atoms with Crippen molar-refractivity contribution in [2.75, 3.05) is 7.11 Å². The van der Waals surface area contributed by atoms with E-state index in [0.717, 1.165) is 11.3 Å². The summed E-state index contributed by atoms with van der Waals surface area (Å²) in [6.07, 6.45) is 0.915. The van der Waals surface area contributed by atoms with Crippen molar-refractivity contribution in [3.8, 4) is 5.75 Å². The summed E-state index contributed by atoms with van der Waals surface area (Å²) in [5, 5.41) is 9.32. The van der Waals surface area contributed by atoms with E-state index in [1.807, 2.05) is 24.3 Å². The van der Waals surface area contributed by atoms with Crippen molar-refractivity contribution in [3.63, 3.8) is 0 Å². The fourth-order valence-corrected chi connectivity index (χ4v) is 2.27. The van der Waals surface area contributed by atoms with Gasteiger partial charge >= 0.3 is 5.97 Å². The van der Waals surface area contributed by atoms with E-state index in [2.05, 4.69) is 0 Å². The number of aryl methyl sites for hydroxylation is 1. The summed E-state index contributed by atoms with van der Waals surface area (Å²) in [7, 11) is 1.59. The van der Waals surface area contributed by atoms with Crippen molar-refractivity contribution in [2.45, 2.75) is 18.8 Å². The van der Waals surface area contributed by atoms with Gasteiger partial charge in [-0.25, -0.2) is 4.39 Å². The van der Waals surface area contributed by atoms with Gasteiger partial charge in [-0.2, -0.15) is 0 Å². The van der Waals surface area contributed by atoms with E-state index in [1.165, 1.54) is 12.1 Å². The van der Waals surface area contributed by atoms with Crippen LogP contribution in [-0.4, -0.2) is 18.2 Å². The molecule has 0 aromatic heterocycles. The molecule has 0 aliphatic heterocycles. The molecule has 1 atom stereocenters. The Labute approximate surface area is 123 Å². The van der Waals surface area contributed by atoms with Crippen LogP contribution in [0.25, 0.3) is 0 Å². The minimum absolute atomic E-state index is 0.235. The number of ether oxygens (including phenoxy) is 1. The second-order valence-corrected chi connectivity index (χ2v) is 4.80. The van der Waals surface area contributed by atoms with Gasteiger partial charge in [0.1, 0.15) is 11.6 Å². The molecule has 0 saturated carbocycles. The molecule has 0 bridgehead atoms. The quantitative estimate of drug-likeness (QED) is 0.882. The van der Waals surface area contributed by atoms with Crippen molar-refractivity contribution in [1.29, 1.82) is 0 Å². The number of carbonyl (C=O) groups is 1. The Morgan fingerprint density at radius 1 is 1.19 bits per heavy atom. The zero-order chi connectivity index (χ0) is 15.2. The number of carboxylic acids is 1. The molecule has 2 rings (SSSR count). The summed E-state index contributed by atoms with van der Waals surface area (Å²) in [4.78, 5) is 11.4. The van der Waals surface area contributed by atoms with E-state index in [4.69, 9.17) is 4.74 Å². The molecule has 2 aromatic rings. The van der Waals surface area contributed by atoms with Crippen LogP contribution in [0.5, 0.6) is 5.75 Å². The number of methoxy groups -OCH3 is 1. The van der Waals surface area contributed by atoms with E-state index in [1.54, 1.807) is 19.2 Å². The normalized spacial score (nSPS) is 11.9. The van der Waals surface area contributed by atoms with E-state index in [9.17, 15) is 14.3 Å². The third kappa shape index (κ3) is 3.81. The molecule has 21 heavy (non-hydrogen) atoms. The van der Waals surface area contributed by atoms with Gasteiger partial charge in [-0.15, -0.1) is 0 Å². The Balaban J connectivity index is 2.10. The number of carboxylic acid groups (broad SMARTS) is 1. The minimum Gasteiger partial charge on any atom is -0.497 e. The van der Waals surface area contributed by atoms with Gasteiger partial charge in [0.25, 0.3) is 0 Å². The van der Waals surface area contributed by atoms with Crippen LogP contribution in [0.3, 0.4) is 0 Å². The fourth-order valence-electron chi connectivity index (χ4n) is 2.27. The van der Waals surface area contributed by atoms with Gasteiger partial charge in [-0.1, -0.05) is 30.3 Å². The number of benzene rings is 2. The smallest absolute Gasteiger partial charge is 0.311 e. The molecule has 110 valence electrons. The molecule has 0 saturated heterocycles. The Morgan fingerprint density at radius 2 is 1.86 bits per heavy atom. The zero-order valence-electron chi connectivity index (χ0n) is 11.8. The van der Waals surface area contributed by atoms with Crippen molar-refractivity contribution in [3.05, 3.63) is 65.5 Å². The Bertz CT molecular complexity index is 608. The molecule has 4 heteroatoms. The molecule has 0 aliphatic carbocycles. The molecule has 0 radical (unpaired) electrons. The first-order valence-electron chi connectivity index (χ1n) is 6.72. The van der Waals surface area contributed by atoms with Gasteiger partial charge in [0.05, 0.1) is 13.0 Å². The van der Waals surface area contributed by atoms with E-state index in [-0.39, 0.29) is 5.56 Å². The van der Waals surface area contributed by atoms with Crippen LogP contribution in [0.4, 0.5) is 4.39 Å². The highest BCUT2D eigenvalue weighted by atomic mass is 19.1. The Morgan fingerprint density at radius 3 is 2.43 bits per heavy atom. The average Bonchev–Trinajstić information content (AvgIpc) is 2.49. The van der Waals surface area contributed by atoms with Crippen LogP contribution in [-0.2, 0) is 11.2 Å². The van der Waals surface area contributed by atoms with Gasteiger partial charge in [0, 0.05) is 5.56 Å². The summed E-state index contributed by atoms with van der Waals surface area (Å²) in [5.41, 5.74) is 1.23. The van der Waals surface area contributed by atoms with Crippen LogP contribution >= 0.6 is 0 Å². The summed E-state index contributed by atoms with van der Waals surface area (Å²) < 4.78 is 18.8. The lowest BCUT2D eigenvalue weighted by Gasteiger charge is -2.13. The summed E-state index contributed by atoms with van der Waals surface area (Å²) >= 11 is 0. The molecular formula is C17H17FO3. The third-order valence-corrected chi connectivity index (χ3v) is 3.46. The van der Waals surface area contributed by atoms with Crippen molar-refractivity contribution >= 4 is 5.97 Å². The Kier molecular flexibility index (Phi) is 4.93. The lowest BCUT2D eigenvalue weighted by atomic mass is 9.92. The maximum atomic E-state index is 13.7. The molecular weight excluding hydrogens is 271 g/mol. The highest BCUT2D eigenvalue weighted by Gasteiger charge is 2.22. The van der Waals surface area contributed by atoms with Gasteiger partial charge in [0.15, 0.2) is 0 Å². The number of halogens is 1. The largest absolute Gasteiger partial charge is 0.497 e.